The molecule has 1 amide bonds. The van der Waals surface area contributed by atoms with Gasteiger partial charge in [0.05, 0.1) is 38.1 Å². The molecule has 4 rings (SSSR count). The molecule has 0 aliphatic carbocycles. The standard InChI is InChI=1S/C28H28N2O7S/c1-5-6-13-37-20-12-8-10-18(15-20)23(31)21-22(17-9-7-11-19(14-17)35-3)30(26(33)24(21)32)28-29-16(2)25(38-28)27(34)36-4/h7-12,14-15,22,31H,5-6,13H2,1-4H3/b23-21+. The number of hydrogen-bond acceptors (Lipinski definition) is 9. The fourth-order valence-corrected chi connectivity index (χ4v) is 5.16. The van der Waals surface area contributed by atoms with E-state index in [2.05, 4.69) is 11.9 Å². The molecule has 0 bridgehead atoms. The summed E-state index contributed by atoms with van der Waals surface area (Å²) in [6.45, 7) is 4.19. The van der Waals surface area contributed by atoms with Crippen molar-refractivity contribution in [2.75, 3.05) is 25.7 Å². The Kier molecular flexibility index (Phi) is 8.11. The molecular weight excluding hydrogens is 508 g/mol. The van der Waals surface area contributed by atoms with Crippen molar-refractivity contribution >= 4 is 39.9 Å². The van der Waals surface area contributed by atoms with Crippen LogP contribution in [0.5, 0.6) is 11.5 Å². The molecule has 1 unspecified atom stereocenters. The number of benzene rings is 2. The van der Waals surface area contributed by atoms with E-state index in [1.165, 1.54) is 19.1 Å². The van der Waals surface area contributed by atoms with E-state index in [9.17, 15) is 19.5 Å². The number of thiazole rings is 1. The minimum Gasteiger partial charge on any atom is -0.507 e. The van der Waals surface area contributed by atoms with E-state index in [-0.39, 0.29) is 21.3 Å². The average Bonchev–Trinajstić information content (AvgIpc) is 3.44. The van der Waals surface area contributed by atoms with Crippen LogP contribution < -0.4 is 14.4 Å². The molecule has 38 heavy (non-hydrogen) atoms. The fraction of sp³-hybridized carbons (Fsp3) is 0.286. The van der Waals surface area contributed by atoms with Gasteiger partial charge in [-0.1, -0.05) is 48.9 Å². The van der Waals surface area contributed by atoms with Gasteiger partial charge in [-0.15, -0.1) is 0 Å². The Morgan fingerprint density at radius 3 is 2.55 bits per heavy atom. The first kappa shape index (κ1) is 26.9. The molecule has 10 heteroatoms. The largest absolute Gasteiger partial charge is 0.507 e. The fourth-order valence-electron chi connectivity index (χ4n) is 4.15. The highest BCUT2D eigenvalue weighted by Gasteiger charge is 2.48. The number of carbonyl (C=O) groups excluding carboxylic acids is 3. The van der Waals surface area contributed by atoms with Gasteiger partial charge in [0.1, 0.15) is 22.1 Å². The predicted molar refractivity (Wildman–Crippen MR) is 143 cm³/mol. The van der Waals surface area contributed by atoms with E-state index in [0.29, 0.717) is 34.9 Å². The van der Waals surface area contributed by atoms with Crippen molar-refractivity contribution in [3.8, 4) is 11.5 Å². The van der Waals surface area contributed by atoms with Crippen LogP contribution in [0, 0.1) is 6.92 Å². The number of carbonyl (C=O) groups is 3. The van der Waals surface area contributed by atoms with Crippen molar-refractivity contribution in [1.82, 2.24) is 4.98 Å². The lowest BCUT2D eigenvalue weighted by Gasteiger charge is -2.23. The van der Waals surface area contributed by atoms with Crippen LogP contribution in [-0.2, 0) is 14.3 Å². The van der Waals surface area contributed by atoms with Gasteiger partial charge in [0, 0.05) is 5.56 Å². The number of aryl methyl sites for hydroxylation is 1. The number of methoxy groups -OCH3 is 2. The maximum atomic E-state index is 13.4. The SMILES string of the molecule is CCCCOc1cccc(/C(O)=C2\C(=O)C(=O)N(c3nc(C)c(C(=O)OC)s3)C2c2cccc(OC)c2)c1. The van der Waals surface area contributed by atoms with Gasteiger partial charge in [-0.2, -0.15) is 0 Å². The third-order valence-electron chi connectivity index (χ3n) is 6.09. The van der Waals surface area contributed by atoms with Gasteiger partial charge >= 0.3 is 11.9 Å². The molecular formula is C28H28N2O7S. The van der Waals surface area contributed by atoms with Crippen molar-refractivity contribution in [2.24, 2.45) is 0 Å². The molecule has 0 spiro atoms. The number of ketones is 1. The first-order valence-corrected chi connectivity index (χ1v) is 12.9. The Morgan fingerprint density at radius 1 is 1.11 bits per heavy atom. The molecule has 1 aliphatic heterocycles. The first-order valence-electron chi connectivity index (χ1n) is 12.0. The Bertz CT molecular complexity index is 1410. The Labute approximate surface area is 224 Å². The van der Waals surface area contributed by atoms with Gasteiger partial charge in [0.2, 0.25) is 0 Å². The number of nitrogens with zero attached hydrogens (tertiary/aromatic N) is 2. The third-order valence-corrected chi connectivity index (χ3v) is 7.23. The molecule has 1 N–H and O–H groups in total. The van der Waals surface area contributed by atoms with Crippen molar-refractivity contribution < 1.29 is 33.7 Å². The smallest absolute Gasteiger partial charge is 0.350 e. The molecule has 0 radical (unpaired) electrons. The minimum atomic E-state index is -1.02. The van der Waals surface area contributed by atoms with Crippen molar-refractivity contribution in [3.05, 3.63) is 75.8 Å². The summed E-state index contributed by atoms with van der Waals surface area (Å²) in [4.78, 5) is 44.9. The number of aromatic nitrogens is 1. The first-order chi connectivity index (χ1) is 18.3. The molecule has 1 atom stereocenters. The number of ether oxygens (including phenoxy) is 3. The van der Waals surface area contributed by atoms with Crippen molar-refractivity contribution in [2.45, 2.75) is 32.7 Å². The number of esters is 1. The quantitative estimate of drug-likeness (QED) is 0.133. The Morgan fingerprint density at radius 2 is 1.84 bits per heavy atom. The highest BCUT2D eigenvalue weighted by molar-refractivity contribution is 7.17. The summed E-state index contributed by atoms with van der Waals surface area (Å²) in [5, 5.41) is 11.5. The molecule has 1 saturated heterocycles. The van der Waals surface area contributed by atoms with E-state index in [1.54, 1.807) is 55.5 Å². The van der Waals surface area contributed by atoms with Crippen LogP contribution in [0.2, 0.25) is 0 Å². The second kappa shape index (κ2) is 11.5. The number of aliphatic hydroxyl groups excluding tert-OH is 1. The lowest BCUT2D eigenvalue weighted by molar-refractivity contribution is -0.132. The number of rotatable bonds is 9. The summed E-state index contributed by atoms with van der Waals surface area (Å²) < 4.78 is 16.0. The summed E-state index contributed by atoms with van der Waals surface area (Å²) in [5.74, 6) is -1.65. The second-order valence-electron chi connectivity index (χ2n) is 8.58. The summed E-state index contributed by atoms with van der Waals surface area (Å²) in [7, 11) is 2.76. The Hall–Kier alpha value is -4.18. The van der Waals surface area contributed by atoms with Crippen LogP contribution in [0.25, 0.3) is 5.76 Å². The maximum Gasteiger partial charge on any atom is 0.350 e. The maximum absolute atomic E-state index is 13.4. The summed E-state index contributed by atoms with van der Waals surface area (Å²) in [6, 6.07) is 12.6. The lowest BCUT2D eigenvalue weighted by atomic mass is 9.95. The highest BCUT2D eigenvalue weighted by atomic mass is 32.1. The normalized spacial score (nSPS) is 16.5. The lowest BCUT2D eigenvalue weighted by Crippen LogP contribution is -2.29. The third kappa shape index (κ3) is 5.12. The summed E-state index contributed by atoms with van der Waals surface area (Å²) >= 11 is 0.939. The number of anilines is 1. The molecule has 198 valence electrons. The average molecular weight is 537 g/mol. The summed E-state index contributed by atoms with van der Waals surface area (Å²) in [6.07, 6.45) is 1.84. The number of Topliss-reactive ketones (excluding diaryl/α,β-unsaturated/α-hetero) is 1. The van der Waals surface area contributed by atoms with E-state index < -0.39 is 23.7 Å². The molecule has 2 heterocycles. The zero-order chi connectivity index (χ0) is 27.4. The zero-order valence-electron chi connectivity index (χ0n) is 21.5. The van der Waals surface area contributed by atoms with E-state index in [1.807, 2.05) is 0 Å². The van der Waals surface area contributed by atoms with Crippen molar-refractivity contribution in [3.63, 3.8) is 0 Å². The predicted octanol–water partition coefficient (Wildman–Crippen LogP) is 5.05. The highest BCUT2D eigenvalue weighted by Crippen LogP contribution is 2.44. The second-order valence-corrected chi connectivity index (χ2v) is 9.56. The van der Waals surface area contributed by atoms with Crippen LogP contribution in [0.4, 0.5) is 5.13 Å². The number of hydrogen-bond donors (Lipinski definition) is 1. The molecule has 0 saturated carbocycles. The van der Waals surface area contributed by atoms with Crippen LogP contribution in [0.3, 0.4) is 0 Å². The zero-order valence-corrected chi connectivity index (χ0v) is 22.3. The molecule has 9 nitrogen and oxygen atoms in total. The van der Waals surface area contributed by atoms with Gasteiger partial charge in [0.15, 0.2) is 5.13 Å². The monoisotopic (exact) mass is 536 g/mol. The van der Waals surface area contributed by atoms with Crippen LogP contribution >= 0.6 is 11.3 Å². The van der Waals surface area contributed by atoms with Gasteiger partial charge < -0.3 is 19.3 Å². The molecule has 3 aromatic rings. The van der Waals surface area contributed by atoms with E-state index >= 15 is 0 Å². The number of unbranched alkanes of at least 4 members (excludes halogenated alkanes) is 1. The van der Waals surface area contributed by atoms with Gasteiger partial charge in [-0.3, -0.25) is 14.5 Å². The van der Waals surface area contributed by atoms with E-state index in [0.717, 1.165) is 24.2 Å². The van der Waals surface area contributed by atoms with Gasteiger partial charge in [0.25, 0.3) is 5.78 Å². The Balaban J connectivity index is 1.88. The number of aliphatic hydroxyl groups is 1. The van der Waals surface area contributed by atoms with Crippen LogP contribution in [-0.4, -0.2) is 48.6 Å². The topological polar surface area (TPSA) is 115 Å². The molecule has 1 aliphatic rings. The molecule has 1 aromatic heterocycles. The molecule has 1 fully saturated rings. The minimum absolute atomic E-state index is 0.110. The van der Waals surface area contributed by atoms with Crippen LogP contribution in [0.15, 0.2) is 54.1 Å². The van der Waals surface area contributed by atoms with Gasteiger partial charge in [-0.25, -0.2) is 9.78 Å². The summed E-state index contributed by atoms with van der Waals surface area (Å²) in [5.41, 5.74) is 1.10. The van der Waals surface area contributed by atoms with Crippen LogP contribution in [0.1, 0.15) is 52.3 Å². The number of amides is 1. The molecule has 2 aromatic carbocycles. The van der Waals surface area contributed by atoms with Gasteiger partial charge in [-0.05, 0) is 43.2 Å². The van der Waals surface area contributed by atoms with E-state index in [4.69, 9.17) is 14.2 Å². The van der Waals surface area contributed by atoms with Crippen molar-refractivity contribution in [1.29, 1.82) is 0 Å².